The van der Waals surface area contributed by atoms with E-state index in [9.17, 15) is 4.79 Å². The Bertz CT molecular complexity index is 643. The molecule has 3 rings (SSSR count). The molecule has 1 aliphatic rings. The minimum atomic E-state index is -0.115. The zero-order valence-electron chi connectivity index (χ0n) is 13.3. The molecule has 0 bridgehead atoms. The van der Waals surface area contributed by atoms with Crippen molar-refractivity contribution in [2.45, 2.75) is 19.9 Å². The lowest BCUT2D eigenvalue weighted by Gasteiger charge is -2.18. The van der Waals surface area contributed by atoms with Crippen LogP contribution in [0.4, 0.5) is 10.5 Å². The second kappa shape index (κ2) is 7.46. The molecule has 0 spiro atoms. The maximum absolute atomic E-state index is 11.9. The summed E-state index contributed by atoms with van der Waals surface area (Å²) in [6.45, 7) is 5.21. The lowest BCUT2D eigenvalue weighted by Crippen LogP contribution is -2.38. The standard InChI is InChI=1S/C17H22N4OS/c1-13-12-23-16(20-13)10-19-17(22)18-9-14-7-8-21(11-14)15-5-3-2-4-6-15/h2-6,12,14H,7-11H2,1H3,(H2,18,19,22)/t14-/m1/s1. The number of para-hydroxylation sites is 1. The summed E-state index contributed by atoms with van der Waals surface area (Å²) in [5, 5.41) is 8.77. The summed E-state index contributed by atoms with van der Waals surface area (Å²) < 4.78 is 0. The van der Waals surface area contributed by atoms with E-state index in [0.717, 1.165) is 30.2 Å². The summed E-state index contributed by atoms with van der Waals surface area (Å²) in [6.07, 6.45) is 1.11. The molecule has 5 nitrogen and oxygen atoms in total. The molecule has 2 aromatic rings. The molecule has 0 radical (unpaired) electrons. The van der Waals surface area contributed by atoms with Gasteiger partial charge in [-0.25, -0.2) is 9.78 Å². The van der Waals surface area contributed by atoms with E-state index in [4.69, 9.17) is 0 Å². The predicted molar refractivity (Wildman–Crippen MR) is 93.9 cm³/mol. The van der Waals surface area contributed by atoms with Crippen molar-refractivity contribution in [3.8, 4) is 0 Å². The Balaban J connectivity index is 1.38. The summed E-state index contributed by atoms with van der Waals surface area (Å²) in [5.74, 6) is 0.503. The molecule has 0 saturated carbocycles. The van der Waals surface area contributed by atoms with Crippen LogP contribution in [0.5, 0.6) is 0 Å². The number of anilines is 1. The number of nitrogens with one attached hydrogen (secondary N) is 2. The van der Waals surface area contributed by atoms with Gasteiger partial charge >= 0.3 is 6.03 Å². The van der Waals surface area contributed by atoms with Crippen molar-refractivity contribution in [2.24, 2.45) is 5.92 Å². The first-order valence-corrected chi connectivity index (χ1v) is 8.81. The average molecular weight is 330 g/mol. The SMILES string of the molecule is Cc1csc(CNC(=O)NC[C@H]2CCN(c3ccccc3)C2)n1. The van der Waals surface area contributed by atoms with Gasteiger partial charge in [0.1, 0.15) is 5.01 Å². The highest BCUT2D eigenvalue weighted by Crippen LogP contribution is 2.22. The first-order valence-electron chi connectivity index (χ1n) is 7.93. The van der Waals surface area contributed by atoms with E-state index in [1.165, 1.54) is 5.69 Å². The Morgan fingerprint density at radius 2 is 2.17 bits per heavy atom. The van der Waals surface area contributed by atoms with Crippen LogP contribution < -0.4 is 15.5 Å². The third kappa shape index (κ3) is 4.45. The first kappa shape index (κ1) is 15.8. The van der Waals surface area contributed by atoms with E-state index in [0.29, 0.717) is 19.0 Å². The number of aryl methyl sites for hydroxylation is 1. The summed E-state index contributed by atoms with van der Waals surface area (Å²) in [5.41, 5.74) is 2.26. The number of benzene rings is 1. The van der Waals surface area contributed by atoms with E-state index in [1.807, 2.05) is 18.4 Å². The van der Waals surface area contributed by atoms with Gasteiger partial charge in [-0.1, -0.05) is 18.2 Å². The minimum Gasteiger partial charge on any atom is -0.371 e. The summed E-state index contributed by atoms with van der Waals surface area (Å²) in [4.78, 5) is 18.6. The molecule has 1 aromatic carbocycles. The number of hydrogen-bond donors (Lipinski definition) is 2. The smallest absolute Gasteiger partial charge is 0.315 e. The first-order chi connectivity index (χ1) is 11.2. The van der Waals surface area contributed by atoms with Gasteiger partial charge in [0.05, 0.1) is 6.54 Å². The molecule has 2 amide bonds. The maximum atomic E-state index is 11.9. The molecule has 2 heterocycles. The number of nitrogens with zero attached hydrogens (tertiary/aromatic N) is 2. The molecular weight excluding hydrogens is 308 g/mol. The maximum Gasteiger partial charge on any atom is 0.315 e. The van der Waals surface area contributed by atoms with Crippen LogP contribution in [0.2, 0.25) is 0 Å². The summed E-state index contributed by atoms with van der Waals surface area (Å²) in [7, 11) is 0. The molecule has 1 fully saturated rings. The normalized spacial score (nSPS) is 17.3. The molecule has 2 N–H and O–H groups in total. The van der Waals surface area contributed by atoms with Gasteiger partial charge in [-0.3, -0.25) is 0 Å². The van der Waals surface area contributed by atoms with Crippen LogP contribution in [0.25, 0.3) is 0 Å². The lowest BCUT2D eigenvalue weighted by molar-refractivity contribution is 0.239. The van der Waals surface area contributed by atoms with Gasteiger partial charge < -0.3 is 15.5 Å². The second-order valence-electron chi connectivity index (χ2n) is 5.88. The molecule has 122 valence electrons. The van der Waals surface area contributed by atoms with Gasteiger partial charge in [0.25, 0.3) is 0 Å². The molecule has 23 heavy (non-hydrogen) atoms. The topological polar surface area (TPSA) is 57.3 Å². The van der Waals surface area contributed by atoms with Crippen LogP contribution in [0.3, 0.4) is 0 Å². The molecule has 1 saturated heterocycles. The van der Waals surface area contributed by atoms with Crippen molar-refractivity contribution in [1.82, 2.24) is 15.6 Å². The molecule has 0 aliphatic carbocycles. The van der Waals surface area contributed by atoms with Gasteiger partial charge in [0, 0.05) is 36.4 Å². The Kier molecular flexibility index (Phi) is 5.12. The zero-order valence-corrected chi connectivity index (χ0v) is 14.1. The molecule has 1 atom stereocenters. The quantitative estimate of drug-likeness (QED) is 0.886. The van der Waals surface area contributed by atoms with Crippen molar-refractivity contribution in [2.75, 3.05) is 24.5 Å². The second-order valence-corrected chi connectivity index (χ2v) is 6.83. The number of urea groups is 1. The van der Waals surface area contributed by atoms with Crippen LogP contribution in [0, 0.1) is 12.8 Å². The van der Waals surface area contributed by atoms with Gasteiger partial charge in [-0.05, 0) is 31.4 Å². The number of carbonyl (C=O) groups excluding carboxylic acids is 1. The Labute approximate surface area is 140 Å². The molecular formula is C17H22N4OS. The molecule has 1 aliphatic heterocycles. The van der Waals surface area contributed by atoms with Crippen LogP contribution >= 0.6 is 11.3 Å². The van der Waals surface area contributed by atoms with Gasteiger partial charge in [-0.2, -0.15) is 0 Å². The van der Waals surface area contributed by atoms with Crippen molar-refractivity contribution in [3.05, 3.63) is 46.4 Å². The zero-order chi connectivity index (χ0) is 16.1. The highest BCUT2D eigenvalue weighted by Gasteiger charge is 2.22. The van der Waals surface area contributed by atoms with E-state index >= 15 is 0 Å². The highest BCUT2D eigenvalue weighted by atomic mass is 32.1. The Morgan fingerprint density at radius 3 is 2.91 bits per heavy atom. The number of hydrogen-bond acceptors (Lipinski definition) is 4. The fourth-order valence-electron chi connectivity index (χ4n) is 2.81. The van der Waals surface area contributed by atoms with E-state index < -0.39 is 0 Å². The lowest BCUT2D eigenvalue weighted by atomic mass is 10.1. The monoisotopic (exact) mass is 330 g/mol. The predicted octanol–water partition coefficient (Wildman–Crippen LogP) is 2.78. The highest BCUT2D eigenvalue weighted by molar-refractivity contribution is 7.09. The number of thiazole rings is 1. The van der Waals surface area contributed by atoms with Crippen molar-refractivity contribution in [3.63, 3.8) is 0 Å². The van der Waals surface area contributed by atoms with Crippen LogP contribution in [-0.2, 0) is 6.54 Å². The third-order valence-electron chi connectivity index (χ3n) is 4.03. The van der Waals surface area contributed by atoms with E-state index in [-0.39, 0.29) is 6.03 Å². The molecule has 6 heteroatoms. The fourth-order valence-corrected chi connectivity index (χ4v) is 3.52. The number of amides is 2. The molecule has 0 unspecified atom stereocenters. The number of rotatable bonds is 5. The van der Waals surface area contributed by atoms with Crippen LogP contribution in [0.1, 0.15) is 17.1 Å². The van der Waals surface area contributed by atoms with Crippen molar-refractivity contribution < 1.29 is 4.79 Å². The third-order valence-corrected chi connectivity index (χ3v) is 4.99. The van der Waals surface area contributed by atoms with Gasteiger partial charge in [-0.15, -0.1) is 11.3 Å². The average Bonchev–Trinajstić information content (AvgIpc) is 3.21. The summed E-state index contributed by atoms with van der Waals surface area (Å²) in [6, 6.07) is 10.3. The van der Waals surface area contributed by atoms with Crippen LogP contribution in [0.15, 0.2) is 35.7 Å². The van der Waals surface area contributed by atoms with Gasteiger partial charge in [0.2, 0.25) is 0 Å². The number of carbonyl (C=O) groups is 1. The van der Waals surface area contributed by atoms with Gasteiger partial charge in [0.15, 0.2) is 0 Å². The molecule has 1 aromatic heterocycles. The Morgan fingerprint density at radius 1 is 1.35 bits per heavy atom. The van der Waals surface area contributed by atoms with Crippen LogP contribution in [-0.4, -0.2) is 30.6 Å². The fraction of sp³-hybridized carbons (Fsp3) is 0.412. The number of aromatic nitrogens is 1. The van der Waals surface area contributed by atoms with E-state index in [2.05, 4.69) is 44.8 Å². The Hall–Kier alpha value is -2.08. The largest absolute Gasteiger partial charge is 0.371 e. The van der Waals surface area contributed by atoms with Crippen molar-refractivity contribution in [1.29, 1.82) is 0 Å². The summed E-state index contributed by atoms with van der Waals surface area (Å²) >= 11 is 1.57. The van der Waals surface area contributed by atoms with Crippen molar-refractivity contribution >= 4 is 23.1 Å². The minimum absolute atomic E-state index is 0.115. The van der Waals surface area contributed by atoms with E-state index in [1.54, 1.807) is 11.3 Å².